The Morgan fingerprint density at radius 1 is 1.53 bits per heavy atom. The minimum Gasteiger partial charge on any atom is -0.350 e. The van der Waals surface area contributed by atoms with E-state index in [1.807, 2.05) is 4.57 Å². The average Bonchev–Trinajstić information content (AvgIpc) is 3.06. The maximum atomic E-state index is 12.1. The summed E-state index contributed by atoms with van der Waals surface area (Å²) >= 11 is 0. The molecule has 1 aliphatic rings. The molecule has 19 heavy (non-hydrogen) atoms. The highest BCUT2D eigenvalue weighted by molar-refractivity contribution is 5.92. The molecular weight excluding hydrogens is 240 g/mol. The van der Waals surface area contributed by atoms with Gasteiger partial charge in [-0.15, -0.1) is 0 Å². The van der Waals surface area contributed by atoms with Gasteiger partial charge in [0.05, 0.1) is 6.33 Å². The van der Waals surface area contributed by atoms with E-state index in [4.69, 9.17) is 5.73 Å². The summed E-state index contributed by atoms with van der Waals surface area (Å²) in [6, 6.07) is 0. The van der Waals surface area contributed by atoms with Crippen LogP contribution in [0, 0.1) is 5.41 Å². The van der Waals surface area contributed by atoms with Gasteiger partial charge in [0.1, 0.15) is 5.69 Å². The van der Waals surface area contributed by atoms with Crippen molar-refractivity contribution in [1.29, 1.82) is 0 Å². The molecule has 5 nitrogen and oxygen atoms in total. The molecule has 0 bridgehead atoms. The van der Waals surface area contributed by atoms with Crippen LogP contribution in [0.4, 0.5) is 0 Å². The Bertz CT molecular complexity index is 421. The first kappa shape index (κ1) is 14.1. The third-order valence-corrected chi connectivity index (χ3v) is 4.29. The van der Waals surface area contributed by atoms with Crippen LogP contribution in [0.25, 0.3) is 0 Å². The summed E-state index contributed by atoms with van der Waals surface area (Å²) in [6.07, 6.45) is 9.58. The molecule has 5 heteroatoms. The Kier molecular flexibility index (Phi) is 4.58. The molecule has 3 N–H and O–H groups in total. The van der Waals surface area contributed by atoms with Crippen molar-refractivity contribution in [2.75, 3.05) is 13.1 Å². The first-order valence-corrected chi connectivity index (χ1v) is 7.19. The van der Waals surface area contributed by atoms with Crippen molar-refractivity contribution in [3.63, 3.8) is 0 Å². The topological polar surface area (TPSA) is 72.9 Å². The van der Waals surface area contributed by atoms with Gasteiger partial charge in [-0.3, -0.25) is 4.79 Å². The SMILES string of the molecule is CCC1(CNC(=O)c2cn(CCN)cn2)CCCC1. The summed E-state index contributed by atoms with van der Waals surface area (Å²) in [5, 5.41) is 3.04. The van der Waals surface area contributed by atoms with Crippen molar-refractivity contribution < 1.29 is 4.79 Å². The third-order valence-electron chi connectivity index (χ3n) is 4.29. The lowest BCUT2D eigenvalue weighted by Crippen LogP contribution is -2.35. The zero-order chi connectivity index (χ0) is 13.7. The normalized spacial score (nSPS) is 17.6. The van der Waals surface area contributed by atoms with Gasteiger partial charge < -0.3 is 15.6 Å². The number of carbonyl (C=O) groups excluding carboxylic acids is 1. The Morgan fingerprint density at radius 3 is 2.89 bits per heavy atom. The minimum atomic E-state index is -0.0736. The van der Waals surface area contributed by atoms with Crippen LogP contribution in [0.5, 0.6) is 0 Å². The first-order chi connectivity index (χ1) is 9.19. The van der Waals surface area contributed by atoms with Crippen molar-refractivity contribution in [3.05, 3.63) is 18.2 Å². The first-order valence-electron chi connectivity index (χ1n) is 7.19. The van der Waals surface area contributed by atoms with E-state index in [9.17, 15) is 4.79 Å². The number of amides is 1. The number of nitrogens with two attached hydrogens (primary N) is 1. The van der Waals surface area contributed by atoms with Crippen LogP contribution in [-0.4, -0.2) is 28.5 Å². The summed E-state index contributed by atoms with van der Waals surface area (Å²) < 4.78 is 1.85. The lowest BCUT2D eigenvalue weighted by Gasteiger charge is -2.27. The van der Waals surface area contributed by atoms with Gasteiger partial charge in [-0.1, -0.05) is 19.8 Å². The molecular formula is C14H24N4O. The third kappa shape index (κ3) is 3.35. The molecule has 1 saturated carbocycles. The van der Waals surface area contributed by atoms with Crippen LogP contribution < -0.4 is 11.1 Å². The fraction of sp³-hybridized carbons (Fsp3) is 0.714. The predicted octanol–water partition coefficient (Wildman–Crippen LogP) is 1.54. The van der Waals surface area contributed by atoms with E-state index in [0.717, 1.165) is 13.0 Å². The van der Waals surface area contributed by atoms with Gasteiger partial charge >= 0.3 is 0 Å². The van der Waals surface area contributed by atoms with E-state index < -0.39 is 0 Å². The van der Waals surface area contributed by atoms with Crippen molar-refractivity contribution in [1.82, 2.24) is 14.9 Å². The maximum Gasteiger partial charge on any atom is 0.271 e. The standard InChI is InChI=1S/C14H24N4O/c1-2-14(5-3-4-6-14)10-16-13(19)12-9-18(8-7-15)11-17-12/h9,11H,2-8,10,15H2,1H3,(H,16,19). The molecule has 106 valence electrons. The van der Waals surface area contributed by atoms with Gasteiger partial charge in [0.25, 0.3) is 5.91 Å². The second-order valence-corrected chi connectivity index (χ2v) is 5.53. The molecule has 2 rings (SSSR count). The fourth-order valence-corrected chi connectivity index (χ4v) is 2.89. The summed E-state index contributed by atoms with van der Waals surface area (Å²) in [7, 11) is 0. The number of imidazole rings is 1. The number of aromatic nitrogens is 2. The van der Waals surface area contributed by atoms with Gasteiger partial charge in [0, 0.05) is 25.8 Å². The summed E-state index contributed by atoms with van der Waals surface area (Å²) in [5.74, 6) is -0.0736. The molecule has 1 amide bonds. The molecule has 0 aromatic carbocycles. The lowest BCUT2D eigenvalue weighted by atomic mass is 9.83. The molecule has 0 atom stereocenters. The molecule has 0 radical (unpaired) electrons. The monoisotopic (exact) mass is 264 g/mol. The molecule has 0 saturated heterocycles. The number of nitrogens with one attached hydrogen (secondary N) is 1. The zero-order valence-electron chi connectivity index (χ0n) is 11.7. The molecule has 1 fully saturated rings. The van der Waals surface area contributed by atoms with E-state index in [0.29, 0.717) is 24.2 Å². The van der Waals surface area contributed by atoms with Crippen molar-refractivity contribution in [2.45, 2.75) is 45.6 Å². The molecule has 1 aromatic heterocycles. The largest absolute Gasteiger partial charge is 0.350 e. The Morgan fingerprint density at radius 2 is 2.26 bits per heavy atom. The minimum absolute atomic E-state index is 0.0736. The highest BCUT2D eigenvalue weighted by Gasteiger charge is 2.32. The van der Waals surface area contributed by atoms with E-state index >= 15 is 0 Å². The summed E-state index contributed by atoms with van der Waals surface area (Å²) in [5.41, 5.74) is 6.27. The van der Waals surface area contributed by atoms with Gasteiger partial charge in [-0.2, -0.15) is 0 Å². The smallest absolute Gasteiger partial charge is 0.271 e. The van der Waals surface area contributed by atoms with Crippen LogP contribution in [0.2, 0.25) is 0 Å². The number of rotatable bonds is 6. The van der Waals surface area contributed by atoms with E-state index in [2.05, 4.69) is 17.2 Å². The number of nitrogens with zero attached hydrogens (tertiary/aromatic N) is 2. The van der Waals surface area contributed by atoms with Crippen molar-refractivity contribution in [2.24, 2.45) is 11.1 Å². The van der Waals surface area contributed by atoms with Crippen LogP contribution in [0.1, 0.15) is 49.5 Å². The van der Waals surface area contributed by atoms with Gasteiger partial charge in [-0.05, 0) is 24.7 Å². The van der Waals surface area contributed by atoms with Gasteiger partial charge in [-0.25, -0.2) is 4.98 Å². The van der Waals surface area contributed by atoms with Crippen LogP contribution >= 0.6 is 0 Å². The zero-order valence-corrected chi connectivity index (χ0v) is 11.7. The van der Waals surface area contributed by atoms with Crippen LogP contribution in [0.3, 0.4) is 0 Å². The second kappa shape index (κ2) is 6.19. The second-order valence-electron chi connectivity index (χ2n) is 5.53. The number of hydrogen-bond donors (Lipinski definition) is 2. The van der Waals surface area contributed by atoms with E-state index in [-0.39, 0.29) is 5.91 Å². The van der Waals surface area contributed by atoms with E-state index in [1.54, 1.807) is 12.5 Å². The predicted molar refractivity (Wildman–Crippen MR) is 74.8 cm³/mol. The fourth-order valence-electron chi connectivity index (χ4n) is 2.89. The lowest BCUT2D eigenvalue weighted by molar-refractivity contribution is 0.0924. The molecule has 0 aliphatic heterocycles. The maximum absolute atomic E-state index is 12.1. The van der Waals surface area contributed by atoms with Crippen LogP contribution in [-0.2, 0) is 6.54 Å². The highest BCUT2D eigenvalue weighted by Crippen LogP contribution is 2.40. The molecule has 0 unspecified atom stereocenters. The molecule has 1 aromatic rings. The van der Waals surface area contributed by atoms with Crippen molar-refractivity contribution in [3.8, 4) is 0 Å². The number of hydrogen-bond acceptors (Lipinski definition) is 3. The summed E-state index contributed by atoms with van der Waals surface area (Å²) in [6.45, 7) is 4.23. The Hall–Kier alpha value is -1.36. The van der Waals surface area contributed by atoms with E-state index in [1.165, 1.54) is 25.7 Å². The quantitative estimate of drug-likeness (QED) is 0.818. The summed E-state index contributed by atoms with van der Waals surface area (Å²) in [4.78, 5) is 16.2. The molecule has 1 heterocycles. The number of carbonyl (C=O) groups is 1. The Balaban J connectivity index is 1.89. The molecule has 1 aliphatic carbocycles. The van der Waals surface area contributed by atoms with Crippen LogP contribution in [0.15, 0.2) is 12.5 Å². The highest BCUT2D eigenvalue weighted by atomic mass is 16.1. The average molecular weight is 264 g/mol. The van der Waals surface area contributed by atoms with Gasteiger partial charge in [0.15, 0.2) is 0 Å². The molecule has 0 spiro atoms. The van der Waals surface area contributed by atoms with Crippen molar-refractivity contribution >= 4 is 5.91 Å². The van der Waals surface area contributed by atoms with Gasteiger partial charge in [0.2, 0.25) is 0 Å². The Labute approximate surface area is 114 Å².